The monoisotopic (exact) mass is 381 g/mol. The zero-order chi connectivity index (χ0) is 19.4. The van der Waals surface area contributed by atoms with Gasteiger partial charge in [0.15, 0.2) is 5.75 Å². The number of aliphatic hydroxyl groups is 1. The van der Waals surface area contributed by atoms with Gasteiger partial charge in [0.05, 0.1) is 11.8 Å². The summed E-state index contributed by atoms with van der Waals surface area (Å²) >= 11 is 0. The lowest BCUT2D eigenvalue weighted by Crippen LogP contribution is -2.54. The van der Waals surface area contributed by atoms with Crippen LogP contribution in [0, 0.1) is 34.5 Å². The van der Waals surface area contributed by atoms with E-state index >= 15 is 0 Å². The predicted molar refractivity (Wildman–Crippen MR) is 112 cm³/mol. The van der Waals surface area contributed by atoms with Crippen LogP contribution < -0.4 is 4.84 Å². The molecule has 4 saturated carbocycles. The first kappa shape index (κ1) is 18.7. The number of hydrogen-bond donors (Lipinski definition) is 1. The molecule has 4 fully saturated rings. The number of oxime groups is 1. The van der Waals surface area contributed by atoms with E-state index in [-0.39, 0.29) is 11.5 Å². The van der Waals surface area contributed by atoms with Crippen molar-refractivity contribution in [1.82, 2.24) is 0 Å². The van der Waals surface area contributed by atoms with E-state index in [4.69, 9.17) is 4.84 Å². The Balaban J connectivity index is 1.31. The van der Waals surface area contributed by atoms with E-state index < -0.39 is 0 Å². The van der Waals surface area contributed by atoms with Crippen LogP contribution in [0.4, 0.5) is 0 Å². The summed E-state index contributed by atoms with van der Waals surface area (Å²) in [7, 11) is 0. The maximum absolute atomic E-state index is 10.6. The Labute approximate surface area is 169 Å². The van der Waals surface area contributed by atoms with Gasteiger partial charge in [-0.05, 0) is 104 Å². The highest BCUT2D eigenvalue weighted by atomic mass is 16.6. The van der Waals surface area contributed by atoms with Crippen LogP contribution >= 0.6 is 0 Å². The normalized spacial score (nSPS) is 46.5. The van der Waals surface area contributed by atoms with Gasteiger partial charge in [-0.25, -0.2) is 0 Å². The number of aliphatic hydroxyl groups excluding tert-OH is 1. The number of hydrogen-bond acceptors (Lipinski definition) is 3. The Hall–Kier alpha value is -1.35. The summed E-state index contributed by atoms with van der Waals surface area (Å²) < 4.78 is 0. The summed E-state index contributed by atoms with van der Waals surface area (Å²) in [5, 5.41) is 15.2. The fraction of sp³-hybridized carbons (Fsp3) is 0.720. The fourth-order valence-electron chi connectivity index (χ4n) is 7.71. The topological polar surface area (TPSA) is 41.8 Å². The van der Waals surface area contributed by atoms with E-state index in [2.05, 4.69) is 19.0 Å². The lowest BCUT2D eigenvalue weighted by atomic mass is 9.45. The molecule has 0 unspecified atom stereocenters. The van der Waals surface area contributed by atoms with Gasteiger partial charge in [0.1, 0.15) is 0 Å². The highest BCUT2D eigenvalue weighted by molar-refractivity contribution is 5.85. The molecule has 152 valence electrons. The molecule has 4 aliphatic carbocycles. The third kappa shape index (κ3) is 2.84. The predicted octanol–water partition coefficient (Wildman–Crippen LogP) is 5.83. The zero-order valence-corrected chi connectivity index (χ0v) is 17.4. The molecule has 0 radical (unpaired) electrons. The Morgan fingerprint density at radius 3 is 2.54 bits per heavy atom. The zero-order valence-electron chi connectivity index (χ0n) is 17.4. The number of rotatable bonds is 2. The average Bonchev–Trinajstić information content (AvgIpc) is 3.02. The molecule has 1 N–H and O–H groups in total. The number of nitrogens with zero attached hydrogens (tertiary/aromatic N) is 1. The first-order chi connectivity index (χ1) is 13.5. The molecule has 0 aliphatic heterocycles. The van der Waals surface area contributed by atoms with E-state index in [9.17, 15) is 5.11 Å². The minimum absolute atomic E-state index is 0.0655. The Bertz CT molecular complexity index is 746. The van der Waals surface area contributed by atoms with Crippen molar-refractivity contribution in [2.45, 2.75) is 77.7 Å². The number of fused-ring (bicyclic) bond motifs is 5. The van der Waals surface area contributed by atoms with Crippen LogP contribution in [-0.4, -0.2) is 16.9 Å². The summed E-state index contributed by atoms with van der Waals surface area (Å²) in [4.78, 5) is 5.71. The lowest BCUT2D eigenvalue weighted by Gasteiger charge is -2.60. The van der Waals surface area contributed by atoms with Crippen LogP contribution in [0.1, 0.15) is 71.6 Å². The van der Waals surface area contributed by atoms with Crippen molar-refractivity contribution < 1.29 is 9.94 Å². The van der Waals surface area contributed by atoms with Gasteiger partial charge in [0.25, 0.3) is 0 Å². The van der Waals surface area contributed by atoms with E-state index in [0.29, 0.717) is 5.41 Å². The molecule has 7 atom stereocenters. The molecular formula is C25H35NO2. The molecule has 0 heterocycles. The highest BCUT2D eigenvalue weighted by Gasteiger charge is 2.59. The molecule has 3 nitrogen and oxygen atoms in total. The average molecular weight is 382 g/mol. The molecule has 1 aromatic carbocycles. The van der Waals surface area contributed by atoms with Crippen LogP contribution in [0.3, 0.4) is 0 Å². The van der Waals surface area contributed by atoms with Crippen LogP contribution in [0.15, 0.2) is 35.5 Å². The third-order valence-corrected chi connectivity index (χ3v) is 9.47. The minimum Gasteiger partial charge on any atom is -0.393 e. The van der Waals surface area contributed by atoms with Crippen molar-refractivity contribution in [3.05, 3.63) is 30.3 Å². The maximum Gasteiger partial charge on any atom is 0.157 e. The van der Waals surface area contributed by atoms with Crippen LogP contribution in [0.2, 0.25) is 0 Å². The van der Waals surface area contributed by atoms with Gasteiger partial charge in [0.2, 0.25) is 0 Å². The summed E-state index contributed by atoms with van der Waals surface area (Å²) in [5.74, 6) is 3.99. The third-order valence-electron chi connectivity index (χ3n) is 9.47. The molecule has 28 heavy (non-hydrogen) atoms. The number of para-hydroxylation sites is 1. The van der Waals surface area contributed by atoms with Gasteiger partial charge < -0.3 is 9.94 Å². The van der Waals surface area contributed by atoms with E-state index in [0.717, 1.165) is 48.7 Å². The van der Waals surface area contributed by atoms with Crippen molar-refractivity contribution in [2.24, 2.45) is 39.7 Å². The molecule has 0 aromatic heterocycles. The fourth-order valence-corrected chi connectivity index (χ4v) is 7.71. The van der Waals surface area contributed by atoms with Gasteiger partial charge in [-0.2, -0.15) is 0 Å². The van der Waals surface area contributed by atoms with Crippen molar-refractivity contribution >= 4 is 5.71 Å². The quantitative estimate of drug-likeness (QED) is 0.655. The van der Waals surface area contributed by atoms with E-state index in [1.54, 1.807) is 0 Å². The second kappa shape index (κ2) is 6.86. The van der Waals surface area contributed by atoms with Crippen LogP contribution in [0.5, 0.6) is 5.75 Å². The first-order valence-corrected chi connectivity index (χ1v) is 11.5. The molecule has 0 amide bonds. The standard InChI is InChI=1S/C25H35NO2/c1-24-14-12-18(26-28-19-6-4-3-5-7-19)16-17(24)8-9-20-21-10-11-23(27)25(21,2)15-13-22(20)24/h3-7,17,20-23,27H,8-16H2,1-2H3/b26-18+/t17-,20+,21+,22+,23+,24+,25+/m1/s1. The van der Waals surface area contributed by atoms with Crippen LogP contribution in [0.25, 0.3) is 0 Å². The molecule has 4 aliphatic rings. The van der Waals surface area contributed by atoms with Crippen molar-refractivity contribution in [1.29, 1.82) is 0 Å². The Morgan fingerprint density at radius 1 is 0.929 bits per heavy atom. The first-order valence-electron chi connectivity index (χ1n) is 11.5. The lowest BCUT2D eigenvalue weighted by molar-refractivity contribution is -0.112. The molecule has 0 saturated heterocycles. The summed E-state index contributed by atoms with van der Waals surface area (Å²) in [5.41, 5.74) is 1.89. The summed E-state index contributed by atoms with van der Waals surface area (Å²) in [6.07, 6.45) is 10.9. The summed E-state index contributed by atoms with van der Waals surface area (Å²) in [6, 6.07) is 9.93. The van der Waals surface area contributed by atoms with E-state index in [1.165, 1.54) is 44.2 Å². The minimum atomic E-state index is -0.0655. The number of benzene rings is 1. The molecule has 0 spiro atoms. The van der Waals surface area contributed by atoms with E-state index in [1.807, 2.05) is 30.3 Å². The second-order valence-corrected chi connectivity index (χ2v) is 10.6. The summed E-state index contributed by atoms with van der Waals surface area (Å²) in [6.45, 7) is 4.96. The Kier molecular flexibility index (Phi) is 4.58. The molecule has 0 bridgehead atoms. The smallest absolute Gasteiger partial charge is 0.157 e. The van der Waals surface area contributed by atoms with Gasteiger partial charge >= 0.3 is 0 Å². The maximum atomic E-state index is 10.6. The van der Waals surface area contributed by atoms with Crippen LogP contribution in [-0.2, 0) is 0 Å². The van der Waals surface area contributed by atoms with Gasteiger partial charge in [-0.1, -0.05) is 37.2 Å². The van der Waals surface area contributed by atoms with Crippen molar-refractivity contribution in [3.8, 4) is 5.75 Å². The van der Waals surface area contributed by atoms with Gasteiger partial charge in [-0.15, -0.1) is 0 Å². The molecule has 5 rings (SSSR count). The van der Waals surface area contributed by atoms with Gasteiger partial charge in [0, 0.05) is 0 Å². The highest BCUT2D eigenvalue weighted by Crippen LogP contribution is 2.65. The second-order valence-electron chi connectivity index (χ2n) is 10.6. The van der Waals surface area contributed by atoms with Crippen molar-refractivity contribution in [2.75, 3.05) is 0 Å². The van der Waals surface area contributed by atoms with Gasteiger partial charge in [-0.3, -0.25) is 0 Å². The SMILES string of the molecule is C[C@]12CC/C(=N\Oc3ccccc3)C[C@H]1CC[C@@H]1[C@@H]2CC[C@]2(C)[C@@H](O)CC[C@@H]12. The molecule has 1 aromatic rings. The molecule has 3 heteroatoms. The largest absolute Gasteiger partial charge is 0.393 e. The molecular weight excluding hydrogens is 346 g/mol. The van der Waals surface area contributed by atoms with Crippen molar-refractivity contribution in [3.63, 3.8) is 0 Å². The Morgan fingerprint density at radius 2 is 1.71 bits per heavy atom.